The maximum absolute atomic E-state index is 5.79. The average Bonchev–Trinajstić information content (AvgIpc) is 3.01. The Kier molecular flexibility index (Phi) is 6.80. The predicted molar refractivity (Wildman–Crippen MR) is 97.1 cm³/mol. The molecule has 0 radical (unpaired) electrons. The molecule has 0 spiro atoms. The van der Waals surface area contributed by atoms with Gasteiger partial charge in [-0.25, -0.2) is 15.0 Å². The fourth-order valence-corrected chi connectivity index (χ4v) is 2.85. The van der Waals surface area contributed by atoms with Gasteiger partial charge in [0.15, 0.2) is 5.96 Å². The highest BCUT2D eigenvalue weighted by Crippen LogP contribution is 2.17. The van der Waals surface area contributed by atoms with Crippen molar-refractivity contribution in [2.45, 2.75) is 39.8 Å². The fourth-order valence-electron chi connectivity index (χ4n) is 1.84. The highest BCUT2D eigenvalue weighted by atomic mass is 35.5. The van der Waals surface area contributed by atoms with Crippen molar-refractivity contribution in [1.82, 2.24) is 20.6 Å². The summed E-state index contributed by atoms with van der Waals surface area (Å²) < 4.78 is 0. The Morgan fingerprint density at radius 3 is 2.78 bits per heavy atom. The summed E-state index contributed by atoms with van der Waals surface area (Å²) in [5, 5.41) is 10.2. The lowest BCUT2D eigenvalue weighted by molar-refractivity contribution is 0.788. The van der Waals surface area contributed by atoms with E-state index in [1.54, 1.807) is 23.6 Å². The number of hydrogen-bond acceptors (Lipinski definition) is 4. The fraction of sp³-hybridized carbons (Fsp3) is 0.438. The first-order valence-electron chi connectivity index (χ1n) is 7.65. The van der Waals surface area contributed by atoms with Crippen LogP contribution in [0.25, 0.3) is 0 Å². The van der Waals surface area contributed by atoms with Crippen molar-refractivity contribution >= 4 is 28.9 Å². The van der Waals surface area contributed by atoms with Crippen molar-refractivity contribution in [3.05, 3.63) is 45.1 Å². The van der Waals surface area contributed by atoms with Gasteiger partial charge in [-0.15, -0.1) is 11.3 Å². The lowest BCUT2D eigenvalue weighted by Crippen LogP contribution is -2.36. The largest absolute Gasteiger partial charge is 0.357 e. The van der Waals surface area contributed by atoms with Gasteiger partial charge < -0.3 is 10.6 Å². The standard InChI is InChI=1S/C16H22ClN5S/c1-4-18-16(20-8-12-5-6-14(17)19-7-12)21-9-15-22-13(10-23-15)11(2)3/h5-7,10-11H,4,8-9H2,1-3H3,(H2,18,20,21). The van der Waals surface area contributed by atoms with Gasteiger partial charge in [-0.2, -0.15) is 0 Å². The van der Waals surface area contributed by atoms with Crippen LogP contribution < -0.4 is 10.6 Å². The van der Waals surface area contributed by atoms with Gasteiger partial charge in [0.1, 0.15) is 10.2 Å². The molecule has 0 saturated heterocycles. The summed E-state index contributed by atoms with van der Waals surface area (Å²) in [5.41, 5.74) is 2.16. The third kappa shape index (κ3) is 5.80. The zero-order chi connectivity index (χ0) is 16.7. The molecule has 0 aliphatic heterocycles. The van der Waals surface area contributed by atoms with E-state index in [1.165, 1.54) is 0 Å². The van der Waals surface area contributed by atoms with Gasteiger partial charge in [0, 0.05) is 18.1 Å². The molecule has 2 aromatic rings. The minimum Gasteiger partial charge on any atom is -0.357 e. The van der Waals surface area contributed by atoms with Crippen molar-refractivity contribution in [2.24, 2.45) is 4.99 Å². The molecule has 0 amide bonds. The number of pyridine rings is 1. The maximum Gasteiger partial charge on any atom is 0.191 e. The zero-order valence-corrected chi connectivity index (χ0v) is 15.2. The Balaban J connectivity index is 1.94. The first-order chi connectivity index (χ1) is 11.1. The zero-order valence-electron chi connectivity index (χ0n) is 13.6. The van der Waals surface area contributed by atoms with Crippen molar-refractivity contribution in [1.29, 1.82) is 0 Å². The maximum atomic E-state index is 5.79. The number of thiazole rings is 1. The molecule has 124 valence electrons. The number of nitrogens with zero attached hydrogens (tertiary/aromatic N) is 3. The van der Waals surface area contributed by atoms with Crippen LogP contribution in [0.4, 0.5) is 0 Å². The number of hydrogen-bond donors (Lipinski definition) is 2. The van der Waals surface area contributed by atoms with Crippen LogP contribution >= 0.6 is 22.9 Å². The summed E-state index contributed by atoms with van der Waals surface area (Å²) in [6.45, 7) is 8.37. The average molecular weight is 352 g/mol. The molecule has 2 rings (SSSR count). The second-order valence-electron chi connectivity index (χ2n) is 5.36. The van der Waals surface area contributed by atoms with Gasteiger partial charge in [0.05, 0.1) is 18.8 Å². The summed E-state index contributed by atoms with van der Waals surface area (Å²) in [4.78, 5) is 13.2. The van der Waals surface area contributed by atoms with E-state index in [0.717, 1.165) is 28.8 Å². The van der Waals surface area contributed by atoms with Crippen molar-refractivity contribution in [2.75, 3.05) is 6.54 Å². The molecule has 0 unspecified atom stereocenters. The topological polar surface area (TPSA) is 62.2 Å². The van der Waals surface area contributed by atoms with Gasteiger partial charge in [0.2, 0.25) is 0 Å². The quantitative estimate of drug-likeness (QED) is 0.474. The number of rotatable bonds is 6. The summed E-state index contributed by atoms with van der Waals surface area (Å²) in [6, 6.07) is 3.70. The van der Waals surface area contributed by atoms with Gasteiger partial charge in [-0.1, -0.05) is 31.5 Å². The van der Waals surface area contributed by atoms with E-state index in [2.05, 4.69) is 44.8 Å². The minimum atomic E-state index is 0.458. The van der Waals surface area contributed by atoms with Gasteiger partial charge in [-0.3, -0.25) is 0 Å². The highest BCUT2D eigenvalue weighted by Gasteiger charge is 2.06. The number of nitrogens with one attached hydrogen (secondary N) is 2. The molecule has 7 heteroatoms. The van der Waals surface area contributed by atoms with Crippen LogP contribution in [0.2, 0.25) is 5.15 Å². The number of guanidine groups is 1. The predicted octanol–water partition coefficient (Wildman–Crippen LogP) is 3.57. The molecule has 0 fully saturated rings. The normalized spacial score (nSPS) is 11.8. The van der Waals surface area contributed by atoms with Crippen LogP contribution in [-0.4, -0.2) is 22.5 Å². The number of aromatic nitrogens is 2. The van der Waals surface area contributed by atoms with Crippen LogP contribution in [0, 0.1) is 0 Å². The van der Waals surface area contributed by atoms with Crippen LogP contribution in [-0.2, 0) is 13.1 Å². The van der Waals surface area contributed by atoms with Crippen molar-refractivity contribution < 1.29 is 0 Å². The SMILES string of the molecule is CCNC(=NCc1ccc(Cl)nc1)NCc1nc(C(C)C)cs1. The molecule has 0 aromatic carbocycles. The van der Waals surface area contributed by atoms with Crippen molar-refractivity contribution in [3.8, 4) is 0 Å². The monoisotopic (exact) mass is 351 g/mol. The third-order valence-electron chi connectivity index (χ3n) is 3.12. The van der Waals surface area contributed by atoms with E-state index >= 15 is 0 Å². The molecule has 0 saturated carbocycles. The third-order valence-corrected chi connectivity index (χ3v) is 4.21. The van der Waals surface area contributed by atoms with E-state index in [0.29, 0.717) is 24.2 Å². The Bertz CT molecular complexity index is 636. The molecule has 0 bridgehead atoms. The van der Waals surface area contributed by atoms with Gasteiger partial charge in [-0.05, 0) is 24.5 Å². The molecule has 0 aliphatic rings. The molecule has 5 nitrogen and oxygen atoms in total. The van der Waals surface area contributed by atoms with E-state index in [1.807, 2.05) is 13.0 Å². The summed E-state index contributed by atoms with van der Waals surface area (Å²) in [7, 11) is 0. The second kappa shape index (κ2) is 8.84. The Morgan fingerprint density at radius 1 is 1.35 bits per heavy atom. The molecule has 2 aromatic heterocycles. The lowest BCUT2D eigenvalue weighted by Gasteiger charge is -2.10. The smallest absolute Gasteiger partial charge is 0.191 e. The number of aliphatic imine (C=N–C) groups is 1. The molecule has 23 heavy (non-hydrogen) atoms. The summed E-state index contributed by atoms with van der Waals surface area (Å²) >= 11 is 7.46. The van der Waals surface area contributed by atoms with E-state index in [9.17, 15) is 0 Å². The molecule has 2 N–H and O–H groups in total. The van der Waals surface area contributed by atoms with Gasteiger partial charge in [0.25, 0.3) is 0 Å². The first-order valence-corrected chi connectivity index (χ1v) is 8.91. The molecule has 0 aliphatic carbocycles. The molecular formula is C16H22ClN5S. The molecule has 0 atom stereocenters. The van der Waals surface area contributed by atoms with Crippen LogP contribution in [0.3, 0.4) is 0 Å². The minimum absolute atomic E-state index is 0.458. The Morgan fingerprint density at radius 2 is 2.17 bits per heavy atom. The first kappa shape index (κ1) is 17.7. The Hall–Kier alpha value is -1.66. The van der Waals surface area contributed by atoms with E-state index < -0.39 is 0 Å². The van der Waals surface area contributed by atoms with E-state index in [-0.39, 0.29) is 0 Å². The van der Waals surface area contributed by atoms with E-state index in [4.69, 9.17) is 11.6 Å². The van der Waals surface area contributed by atoms with Crippen molar-refractivity contribution in [3.63, 3.8) is 0 Å². The summed E-state index contributed by atoms with van der Waals surface area (Å²) in [6.07, 6.45) is 1.74. The molecular weight excluding hydrogens is 330 g/mol. The lowest BCUT2D eigenvalue weighted by atomic mass is 10.2. The molecule has 2 heterocycles. The number of halogens is 1. The van der Waals surface area contributed by atoms with Crippen LogP contribution in [0.1, 0.15) is 43.0 Å². The Labute approximate surface area is 146 Å². The highest BCUT2D eigenvalue weighted by molar-refractivity contribution is 7.09. The second-order valence-corrected chi connectivity index (χ2v) is 6.69. The summed E-state index contributed by atoms with van der Waals surface area (Å²) in [5.74, 6) is 1.23. The van der Waals surface area contributed by atoms with Crippen LogP contribution in [0.15, 0.2) is 28.7 Å². The van der Waals surface area contributed by atoms with Gasteiger partial charge >= 0.3 is 0 Å². The van der Waals surface area contributed by atoms with Crippen LogP contribution in [0.5, 0.6) is 0 Å².